The zero-order valence-electron chi connectivity index (χ0n) is 8.44. The SMILES string of the molecule is CC(CCN)N(C)c1ncncc1Cl. The van der Waals surface area contributed by atoms with E-state index < -0.39 is 0 Å². The molecule has 0 bridgehead atoms. The van der Waals surface area contributed by atoms with E-state index in [1.165, 1.54) is 6.33 Å². The second-order valence-electron chi connectivity index (χ2n) is 3.23. The number of nitrogens with two attached hydrogens (primary N) is 1. The molecule has 1 unspecified atom stereocenters. The number of anilines is 1. The van der Waals surface area contributed by atoms with Crippen LogP contribution in [0.5, 0.6) is 0 Å². The van der Waals surface area contributed by atoms with Crippen molar-refractivity contribution in [1.82, 2.24) is 9.97 Å². The predicted octanol–water partition coefficient (Wildman–Crippen LogP) is 1.30. The van der Waals surface area contributed by atoms with Gasteiger partial charge in [0.05, 0.1) is 6.20 Å². The van der Waals surface area contributed by atoms with E-state index in [1.54, 1.807) is 6.20 Å². The Balaban J connectivity index is 2.78. The lowest BCUT2D eigenvalue weighted by Crippen LogP contribution is -2.31. The van der Waals surface area contributed by atoms with Crippen molar-refractivity contribution < 1.29 is 0 Å². The maximum Gasteiger partial charge on any atom is 0.150 e. The third-order valence-electron chi connectivity index (χ3n) is 2.23. The first-order valence-electron chi connectivity index (χ1n) is 4.55. The molecule has 0 radical (unpaired) electrons. The van der Waals surface area contributed by atoms with Gasteiger partial charge in [-0.25, -0.2) is 9.97 Å². The van der Waals surface area contributed by atoms with Crippen LogP contribution in [0.15, 0.2) is 12.5 Å². The van der Waals surface area contributed by atoms with Gasteiger partial charge in [0, 0.05) is 13.1 Å². The number of hydrogen-bond donors (Lipinski definition) is 1. The Kier molecular flexibility index (Phi) is 4.10. The molecule has 0 aliphatic rings. The summed E-state index contributed by atoms with van der Waals surface area (Å²) in [4.78, 5) is 9.97. The topological polar surface area (TPSA) is 55.0 Å². The summed E-state index contributed by atoms with van der Waals surface area (Å²) < 4.78 is 0. The van der Waals surface area contributed by atoms with E-state index in [-0.39, 0.29) is 0 Å². The molecule has 0 spiro atoms. The summed E-state index contributed by atoms with van der Waals surface area (Å²) in [6, 6.07) is 0.326. The predicted molar refractivity (Wildman–Crippen MR) is 58.6 cm³/mol. The minimum Gasteiger partial charge on any atom is -0.356 e. The number of aromatic nitrogens is 2. The minimum absolute atomic E-state index is 0.326. The average molecular weight is 215 g/mol. The Morgan fingerprint density at radius 2 is 2.36 bits per heavy atom. The fourth-order valence-electron chi connectivity index (χ4n) is 1.21. The van der Waals surface area contributed by atoms with Crippen molar-refractivity contribution in [3.05, 3.63) is 17.5 Å². The van der Waals surface area contributed by atoms with Crippen molar-refractivity contribution in [3.63, 3.8) is 0 Å². The van der Waals surface area contributed by atoms with Crippen LogP contribution in [0.4, 0.5) is 5.82 Å². The fourth-order valence-corrected chi connectivity index (χ4v) is 1.45. The molecule has 0 aliphatic heterocycles. The van der Waals surface area contributed by atoms with Crippen molar-refractivity contribution >= 4 is 17.4 Å². The maximum atomic E-state index is 5.97. The molecule has 78 valence electrons. The van der Waals surface area contributed by atoms with E-state index in [9.17, 15) is 0 Å². The molecule has 1 aromatic heterocycles. The van der Waals surface area contributed by atoms with E-state index >= 15 is 0 Å². The number of halogens is 1. The van der Waals surface area contributed by atoms with Crippen LogP contribution < -0.4 is 10.6 Å². The molecule has 14 heavy (non-hydrogen) atoms. The lowest BCUT2D eigenvalue weighted by atomic mass is 10.2. The molecule has 0 aromatic carbocycles. The largest absolute Gasteiger partial charge is 0.356 e. The highest BCUT2D eigenvalue weighted by atomic mass is 35.5. The lowest BCUT2D eigenvalue weighted by molar-refractivity contribution is 0.629. The van der Waals surface area contributed by atoms with Crippen molar-refractivity contribution in [2.24, 2.45) is 5.73 Å². The van der Waals surface area contributed by atoms with Crippen LogP contribution in [0.25, 0.3) is 0 Å². The second-order valence-corrected chi connectivity index (χ2v) is 3.64. The van der Waals surface area contributed by atoms with Gasteiger partial charge in [-0.15, -0.1) is 0 Å². The zero-order valence-corrected chi connectivity index (χ0v) is 9.20. The number of rotatable bonds is 4. The van der Waals surface area contributed by atoms with E-state index in [2.05, 4.69) is 16.9 Å². The van der Waals surface area contributed by atoms with E-state index in [0.717, 1.165) is 12.2 Å². The molecule has 0 saturated carbocycles. The number of nitrogens with zero attached hydrogens (tertiary/aromatic N) is 3. The molecule has 1 heterocycles. The van der Waals surface area contributed by atoms with Gasteiger partial charge >= 0.3 is 0 Å². The van der Waals surface area contributed by atoms with Crippen LogP contribution in [-0.4, -0.2) is 29.6 Å². The summed E-state index contributed by atoms with van der Waals surface area (Å²) in [5.74, 6) is 0.752. The van der Waals surface area contributed by atoms with Crippen molar-refractivity contribution in [1.29, 1.82) is 0 Å². The Bertz CT molecular complexity index is 292. The molecular weight excluding hydrogens is 200 g/mol. The summed E-state index contributed by atoms with van der Waals surface area (Å²) in [6.07, 6.45) is 4.00. The second kappa shape index (κ2) is 5.12. The van der Waals surface area contributed by atoms with E-state index in [1.807, 2.05) is 11.9 Å². The van der Waals surface area contributed by atoms with Crippen LogP contribution in [0, 0.1) is 0 Å². The smallest absolute Gasteiger partial charge is 0.150 e. The van der Waals surface area contributed by atoms with Gasteiger partial charge in [-0.05, 0) is 19.9 Å². The molecular formula is C9H15ClN4. The maximum absolute atomic E-state index is 5.97. The summed E-state index contributed by atoms with van der Waals surface area (Å²) in [6.45, 7) is 2.75. The van der Waals surface area contributed by atoms with E-state index in [4.69, 9.17) is 17.3 Å². The Labute approximate surface area is 89.1 Å². The molecule has 4 nitrogen and oxygen atoms in total. The average Bonchev–Trinajstić information content (AvgIpc) is 2.18. The fraction of sp³-hybridized carbons (Fsp3) is 0.556. The lowest BCUT2D eigenvalue weighted by Gasteiger charge is -2.25. The van der Waals surface area contributed by atoms with Crippen LogP contribution in [0.2, 0.25) is 5.02 Å². The zero-order chi connectivity index (χ0) is 10.6. The molecule has 1 atom stereocenters. The first kappa shape index (κ1) is 11.2. The standard InChI is InChI=1S/C9H15ClN4/c1-7(3-4-11)14(2)9-8(10)5-12-6-13-9/h5-7H,3-4,11H2,1-2H3. The summed E-state index contributed by atoms with van der Waals surface area (Å²) in [7, 11) is 1.95. The van der Waals surface area contributed by atoms with Crippen molar-refractivity contribution in [2.45, 2.75) is 19.4 Å². The first-order chi connectivity index (χ1) is 6.66. The minimum atomic E-state index is 0.326. The Hall–Kier alpha value is -0.870. The van der Waals surface area contributed by atoms with Gasteiger partial charge in [-0.1, -0.05) is 11.6 Å². The molecule has 0 saturated heterocycles. The first-order valence-corrected chi connectivity index (χ1v) is 4.93. The van der Waals surface area contributed by atoms with Crippen LogP contribution in [0.3, 0.4) is 0 Å². The van der Waals surface area contributed by atoms with Crippen LogP contribution >= 0.6 is 11.6 Å². The summed E-state index contributed by atoms with van der Waals surface area (Å²) >= 11 is 5.97. The summed E-state index contributed by atoms with van der Waals surface area (Å²) in [5.41, 5.74) is 5.49. The van der Waals surface area contributed by atoms with Crippen molar-refractivity contribution in [2.75, 3.05) is 18.5 Å². The highest BCUT2D eigenvalue weighted by Crippen LogP contribution is 2.22. The third-order valence-corrected chi connectivity index (χ3v) is 2.49. The molecule has 1 aromatic rings. The van der Waals surface area contributed by atoms with E-state index in [0.29, 0.717) is 17.6 Å². The van der Waals surface area contributed by atoms with Gasteiger partial charge < -0.3 is 10.6 Å². The van der Waals surface area contributed by atoms with Gasteiger partial charge in [0.25, 0.3) is 0 Å². The quantitative estimate of drug-likeness (QED) is 0.821. The Morgan fingerprint density at radius 3 is 2.93 bits per heavy atom. The van der Waals surface area contributed by atoms with Gasteiger partial charge in [-0.3, -0.25) is 0 Å². The molecule has 0 amide bonds. The Morgan fingerprint density at radius 1 is 1.64 bits per heavy atom. The number of hydrogen-bond acceptors (Lipinski definition) is 4. The van der Waals surface area contributed by atoms with Gasteiger partial charge in [0.15, 0.2) is 5.82 Å². The molecule has 2 N–H and O–H groups in total. The molecule has 1 rings (SSSR count). The van der Waals surface area contributed by atoms with Gasteiger partial charge in [-0.2, -0.15) is 0 Å². The normalized spacial score (nSPS) is 12.6. The molecule has 0 aliphatic carbocycles. The summed E-state index contributed by atoms with van der Waals surface area (Å²) in [5, 5.41) is 0.568. The highest BCUT2D eigenvalue weighted by Gasteiger charge is 2.13. The van der Waals surface area contributed by atoms with Crippen molar-refractivity contribution in [3.8, 4) is 0 Å². The van der Waals surface area contributed by atoms with Crippen LogP contribution in [-0.2, 0) is 0 Å². The van der Waals surface area contributed by atoms with Gasteiger partial charge in [0.2, 0.25) is 0 Å². The third kappa shape index (κ3) is 2.56. The monoisotopic (exact) mass is 214 g/mol. The molecule has 5 heteroatoms. The highest BCUT2D eigenvalue weighted by molar-refractivity contribution is 6.32. The molecule has 0 fully saturated rings. The van der Waals surface area contributed by atoms with Gasteiger partial charge in [0.1, 0.15) is 11.3 Å². The van der Waals surface area contributed by atoms with Crippen LogP contribution in [0.1, 0.15) is 13.3 Å².